The molecule has 1 fully saturated rings. The Kier molecular flexibility index (Phi) is 5.46. The molecular formula is C16H22BrNO2. The highest BCUT2D eigenvalue weighted by molar-refractivity contribution is 9.09. The number of rotatable bonds is 5. The van der Waals surface area contributed by atoms with E-state index in [4.69, 9.17) is 4.74 Å². The van der Waals surface area contributed by atoms with E-state index in [0.717, 1.165) is 42.6 Å². The summed E-state index contributed by atoms with van der Waals surface area (Å²) in [4.78, 5) is 14.5. The average molecular weight is 340 g/mol. The number of carbonyl (C=O) groups is 1. The lowest BCUT2D eigenvalue weighted by Crippen LogP contribution is -2.28. The molecule has 0 spiro atoms. The van der Waals surface area contributed by atoms with Crippen molar-refractivity contribution in [2.24, 2.45) is 5.92 Å². The second-order valence-corrected chi connectivity index (χ2v) is 6.37. The second kappa shape index (κ2) is 7.11. The van der Waals surface area contributed by atoms with Crippen molar-refractivity contribution in [1.82, 2.24) is 4.90 Å². The highest BCUT2D eigenvalue weighted by atomic mass is 79.9. The van der Waals surface area contributed by atoms with Gasteiger partial charge in [0.1, 0.15) is 5.75 Å². The Bertz CT molecular complexity index is 462. The topological polar surface area (TPSA) is 29.5 Å². The zero-order valence-electron chi connectivity index (χ0n) is 12.1. The molecule has 1 atom stereocenters. The molecule has 0 bridgehead atoms. The molecule has 110 valence electrons. The molecule has 0 aliphatic carbocycles. The van der Waals surface area contributed by atoms with Gasteiger partial charge < -0.3 is 9.64 Å². The minimum Gasteiger partial charge on any atom is -0.491 e. The van der Waals surface area contributed by atoms with E-state index in [1.807, 2.05) is 43.0 Å². The maximum Gasteiger partial charge on any atom is 0.253 e. The van der Waals surface area contributed by atoms with Crippen LogP contribution in [0.25, 0.3) is 0 Å². The van der Waals surface area contributed by atoms with E-state index in [1.54, 1.807) is 0 Å². The Morgan fingerprint density at radius 1 is 1.50 bits per heavy atom. The molecule has 0 saturated carbocycles. The number of hydrogen-bond acceptors (Lipinski definition) is 2. The van der Waals surface area contributed by atoms with Gasteiger partial charge in [0.25, 0.3) is 5.91 Å². The Balaban J connectivity index is 2.02. The summed E-state index contributed by atoms with van der Waals surface area (Å²) in [5, 5.41) is 1.01. The van der Waals surface area contributed by atoms with Crippen LogP contribution in [0.15, 0.2) is 24.3 Å². The van der Waals surface area contributed by atoms with Crippen LogP contribution in [0.4, 0.5) is 0 Å². The van der Waals surface area contributed by atoms with Crippen molar-refractivity contribution in [1.29, 1.82) is 0 Å². The molecule has 1 aliphatic heterocycles. The van der Waals surface area contributed by atoms with Gasteiger partial charge in [-0.05, 0) is 50.8 Å². The lowest BCUT2D eigenvalue weighted by atomic mass is 10.1. The van der Waals surface area contributed by atoms with Crippen LogP contribution in [0.5, 0.6) is 5.75 Å². The highest BCUT2D eigenvalue weighted by Gasteiger charge is 2.26. The zero-order chi connectivity index (χ0) is 14.5. The lowest BCUT2D eigenvalue weighted by molar-refractivity contribution is 0.0786. The molecule has 1 aromatic rings. The molecule has 4 heteroatoms. The van der Waals surface area contributed by atoms with Crippen LogP contribution in [-0.4, -0.2) is 35.3 Å². The van der Waals surface area contributed by atoms with Gasteiger partial charge in [-0.2, -0.15) is 0 Å². The van der Waals surface area contributed by atoms with Crippen molar-refractivity contribution < 1.29 is 9.53 Å². The van der Waals surface area contributed by atoms with Crippen LogP contribution in [-0.2, 0) is 0 Å². The fourth-order valence-corrected chi connectivity index (χ4v) is 3.21. The van der Waals surface area contributed by atoms with Gasteiger partial charge in [-0.1, -0.05) is 22.0 Å². The molecule has 0 radical (unpaired) electrons. The molecule has 0 aromatic heterocycles. The van der Waals surface area contributed by atoms with Crippen molar-refractivity contribution >= 4 is 21.8 Å². The van der Waals surface area contributed by atoms with Gasteiger partial charge in [0.15, 0.2) is 0 Å². The smallest absolute Gasteiger partial charge is 0.253 e. The summed E-state index contributed by atoms with van der Waals surface area (Å²) in [6.45, 7) is 5.71. The number of halogens is 1. The third kappa shape index (κ3) is 3.98. The van der Waals surface area contributed by atoms with E-state index in [1.165, 1.54) is 0 Å². The van der Waals surface area contributed by atoms with Gasteiger partial charge in [0.2, 0.25) is 0 Å². The fourth-order valence-electron chi connectivity index (χ4n) is 2.56. The summed E-state index contributed by atoms with van der Waals surface area (Å²) in [7, 11) is 0. The first-order valence-electron chi connectivity index (χ1n) is 7.22. The second-order valence-electron chi connectivity index (χ2n) is 5.58. The Labute approximate surface area is 129 Å². The summed E-state index contributed by atoms with van der Waals surface area (Å²) >= 11 is 3.47. The van der Waals surface area contributed by atoms with Crippen LogP contribution in [0.1, 0.15) is 37.0 Å². The number of likely N-dealkylation sites (tertiary alicyclic amines) is 1. The van der Waals surface area contributed by atoms with Crippen LogP contribution in [0, 0.1) is 5.92 Å². The maximum atomic E-state index is 12.5. The van der Waals surface area contributed by atoms with E-state index in [0.29, 0.717) is 5.92 Å². The maximum absolute atomic E-state index is 12.5. The largest absolute Gasteiger partial charge is 0.491 e. The summed E-state index contributed by atoms with van der Waals surface area (Å²) in [5.41, 5.74) is 0.725. The first kappa shape index (κ1) is 15.4. The Hall–Kier alpha value is -1.03. The van der Waals surface area contributed by atoms with Gasteiger partial charge in [0, 0.05) is 24.0 Å². The summed E-state index contributed by atoms with van der Waals surface area (Å²) in [6, 6.07) is 7.50. The molecule has 0 N–H and O–H groups in total. The monoisotopic (exact) mass is 339 g/mol. The number of hydrogen-bond donors (Lipinski definition) is 0. The molecule has 2 rings (SSSR count). The molecular weight excluding hydrogens is 318 g/mol. The molecule has 3 nitrogen and oxygen atoms in total. The van der Waals surface area contributed by atoms with E-state index >= 15 is 0 Å². The zero-order valence-corrected chi connectivity index (χ0v) is 13.7. The molecule has 1 amide bonds. The fraction of sp³-hybridized carbons (Fsp3) is 0.562. The normalized spacial score (nSPS) is 18.6. The first-order chi connectivity index (χ1) is 9.60. The third-order valence-corrected chi connectivity index (χ3v) is 4.00. The lowest BCUT2D eigenvalue weighted by Gasteiger charge is -2.17. The predicted molar refractivity (Wildman–Crippen MR) is 84.6 cm³/mol. The van der Waals surface area contributed by atoms with Crippen molar-refractivity contribution in [2.45, 2.75) is 32.8 Å². The van der Waals surface area contributed by atoms with Gasteiger partial charge in [0.05, 0.1) is 6.10 Å². The Morgan fingerprint density at radius 2 is 2.30 bits per heavy atom. The molecule has 1 saturated heterocycles. The minimum atomic E-state index is 0.121. The van der Waals surface area contributed by atoms with Gasteiger partial charge in [-0.15, -0.1) is 0 Å². The van der Waals surface area contributed by atoms with Crippen LogP contribution < -0.4 is 4.74 Å². The summed E-state index contributed by atoms with van der Waals surface area (Å²) in [5.74, 6) is 1.52. The number of alkyl halides is 1. The molecule has 1 unspecified atom stereocenters. The van der Waals surface area contributed by atoms with Crippen LogP contribution >= 0.6 is 15.9 Å². The SMILES string of the molecule is CC(C)Oc1cccc(C(=O)N2CCC(CCBr)C2)c1. The predicted octanol–water partition coefficient (Wildman–Crippen LogP) is 3.72. The molecule has 1 aliphatic rings. The number of ether oxygens (including phenoxy) is 1. The number of amides is 1. The quantitative estimate of drug-likeness (QED) is 0.765. The number of carbonyl (C=O) groups excluding carboxylic acids is 1. The molecule has 1 heterocycles. The van der Waals surface area contributed by atoms with E-state index in [9.17, 15) is 4.79 Å². The standard InChI is InChI=1S/C16H22BrNO2/c1-12(2)20-15-5-3-4-14(10-15)16(19)18-9-7-13(11-18)6-8-17/h3-5,10,12-13H,6-9,11H2,1-2H3. The van der Waals surface area contributed by atoms with Crippen molar-refractivity contribution in [3.05, 3.63) is 29.8 Å². The number of nitrogens with zero attached hydrogens (tertiary/aromatic N) is 1. The summed E-state index contributed by atoms with van der Waals surface area (Å²) < 4.78 is 5.65. The summed E-state index contributed by atoms with van der Waals surface area (Å²) in [6.07, 6.45) is 2.37. The van der Waals surface area contributed by atoms with Crippen molar-refractivity contribution in [3.63, 3.8) is 0 Å². The average Bonchev–Trinajstić information content (AvgIpc) is 2.86. The van der Waals surface area contributed by atoms with E-state index < -0.39 is 0 Å². The first-order valence-corrected chi connectivity index (χ1v) is 8.34. The number of benzene rings is 1. The van der Waals surface area contributed by atoms with E-state index in [-0.39, 0.29) is 12.0 Å². The molecule has 20 heavy (non-hydrogen) atoms. The third-order valence-electron chi connectivity index (χ3n) is 3.54. The Morgan fingerprint density at radius 3 is 3.00 bits per heavy atom. The van der Waals surface area contributed by atoms with Crippen molar-refractivity contribution in [2.75, 3.05) is 18.4 Å². The van der Waals surface area contributed by atoms with Gasteiger partial charge in [-0.25, -0.2) is 0 Å². The van der Waals surface area contributed by atoms with Gasteiger partial charge in [-0.3, -0.25) is 4.79 Å². The minimum absolute atomic E-state index is 0.121. The van der Waals surface area contributed by atoms with Crippen molar-refractivity contribution in [3.8, 4) is 5.75 Å². The molecule has 1 aromatic carbocycles. The van der Waals surface area contributed by atoms with Gasteiger partial charge >= 0.3 is 0 Å². The highest BCUT2D eigenvalue weighted by Crippen LogP contribution is 2.23. The van der Waals surface area contributed by atoms with Crippen LogP contribution in [0.2, 0.25) is 0 Å². The van der Waals surface area contributed by atoms with Crippen LogP contribution in [0.3, 0.4) is 0 Å². The van der Waals surface area contributed by atoms with E-state index in [2.05, 4.69) is 15.9 Å².